The van der Waals surface area contributed by atoms with Gasteiger partial charge in [-0.2, -0.15) is 32.4 Å². The maximum absolute atomic E-state index is 12.1. The van der Waals surface area contributed by atoms with Crippen LogP contribution in [0.15, 0.2) is 273 Å². The highest BCUT2D eigenvalue weighted by Crippen LogP contribution is 2.47. The van der Waals surface area contributed by atoms with Crippen LogP contribution in [-0.2, 0) is 74.5 Å². The van der Waals surface area contributed by atoms with E-state index < -0.39 is 16.6 Å². The van der Waals surface area contributed by atoms with E-state index in [-0.39, 0.29) is 61.8 Å². The first-order valence-corrected chi connectivity index (χ1v) is 45.5. The molecule has 665 valence electrons. The standard InChI is InChI=1S/2C33H36N6O2.C28H28N6.C5H9BrO2.2CH4.BHI/c1-3-41-30(40)19-23-39-31(35-36-37-39)32(27-13-7-4-8-14-27)20-24-38(25-21-32)26-22-33(34-2,28-15-9-5-10-16-28)29-17-11-6-12-18-29;1-3-41-30(40)19-23-39-36-31(35-37-39)32(27-13-7-4-8-14-27)20-24-38(25-21-32)26-22-33(34-2,28-15-9-5-10-16-28)29-17-11-6-12-18-29;1-29-28(24-13-7-3-8-14-24,25-15-9-4-10-16-25)19-22-34-20-17-27(18-21-34,26-30-32-33-31-26)23-11-5-2-6-12-23;1-2-8-5(7)3-4-6;;;1-2/h2*4-18H,3,19-26H2,1H3;2-16H,17-22H2,(H,30,31,32,33);2-4H2,1H3;2*1H4;1H/i;;;;;;1D. The molecule has 0 amide bonds. The third kappa shape index (κ3) is 24.8. The van der Waals surface area contributed by atoms with E-state index in [0.29, 0.717) is 63.3 Å². The smallest absolute Gasteiger partial charge is 0.307 e. The van der Waals surface area contributed by atoms with Crippen molar-refractivity contribution in [1.29, 1.82) is 1.34 Å². The van der Waals surface area contributed by atoms with Crippen molar-refractivity contribution in [2.75, 3.05) is 84.1 Å². The number of nitrogens with one attached hydrogen (secondary N) is 1. The van der Waals surface area contributed by atoms with Crippen molar-refractivity contribution in [3.05, 3.63) is 375 Å². The summed E-state index contributed by atoms with van der Waals surface area (Å²) in [5.74, 6) is 1.59. The molecule has 0 unspecified atom stereocenters. The minimum atomic E-state index is -0.742. The number of likely N-dealkylation sites (tertiary alicyclic amines) is 3. The lowest BCUT2D eigenvalue weighted by molar-refractivity contribution is -0.144. The van der Waals surface area contributed by atoms with Gasteiger partial charge in [-0.3, -0.25) is 28.9 Å². The van der Waals surface area contributed by atoms with E-state index >= 15 is 0 Å². The maximum atomic E-state index is 12.1. The zero-order valence-corrected chi connectivity index (χ0v) is 75.7. The van der Waals surface area contributed by atoms with Crippen LogP contribution in [0.5, 0.6) is 0 Å². The molecular formula is C101H118BBrIN18O6. The van der Waals surface area contributed by atoms with Crippen LogP contribution in [0.25, 0.3) is 14.5 Å². The molecule has 27 heteroatoms. The summed E-state index contributed by atoms with van der Waals surface area (Å²) < 4.78 is 22.6. The summed E-state index contributed by atoms with van der Waals surface area (Å²) in [6.45, 7) is 39.9. The van der Waals surface area contributed by atoms with E-state index in [4.69, 9.17) is 35.6 Å². The number of benzene rings is 9. The Morgan fingerprint density at radius 3 is 1.03 bits per heavy atom. The maximum Gasteiger partial charge on any atom is 0.307 e. The van der Waals surface area contributed by atoms with Gasteiger partial charge in [-0.1, -0.05) is 309 Å². The van der Waals surface area contributed by atoms with Gasteiger partial charge in [0, 0.05) is 77.6 Å². The Morgan fingerprint density at radius 2 is 0.727 bits per heavy atom. The van der Waals surface area contributed by atoms with Gasteiger partial charge in [0.25, 0.3) is 16.6 Å². The summed E-state index contributed by atoms with van der Waals surface area (Å²) in [5.41, 5.74) is 7.88. The third-order valence-electron chi connectivity index (χ3n) is 24.4. The zero-order chi connectivity index (χ0) is 89.5. The predicted octanol–water partition coefficient (Wildman–Crippen LogP) is 18.2. The Bertz CT molecular complexity index is 5250. The molecule has 0 saturated carbocycles. The Hall–Kier alpha value is -11.8. The highest BCUT2D eigenvalue weighted by Gasteiger charge is 2.49. The molecule has 6 heterocycles. The molecule has 3 aliphatic rings. The second-order valence-electron chi connectivity index (χ2n) is 31.3. The zero-order valence-electron chi connectivity index (χ0n) is 73.0. The number of aryl methyl sites for hydroxylation is 2. The van der Waals surface area contributed by atoms with E-state index in [1.54, 1.807) is 25.5 Å². The number of ether oxygens (including phenoxy) is 3. The van der Waals surface area contributed by atoms with Gasteiger partial charge in [-0.05, 0) is 132 Å². The fraction of sp³-hybridized carbons (Fsp3) is 0.376. The van der Waals surface area contributed by atoms with Crippen molar-refractivity contribution in [1.82, 2.24) is 75.7 Å². The minimum absolute atomic E-state index is 0. The molecule has 0 atom stereocenters. The molecular weight excluding hydrogens is 1780 g/mol. The summed E-state index contributed by atoms with van der Waals surface area (Å²) in [6.07, 6.45) is 8.20. The second-order valence-corrected chi connectivity index (χ2v) is 32.0. The van der Waals surface area contributed by atoms with E-state index in [0.717, 1.165) is 149 Å². The Labute approximate surface area is 779 Å². The number of tetrazole rings is 3. The highest BCUT2D eigenvalue weighted by atomic mass is 127. The summed E-state index contributed by atoms with van der Waals surface area (Å²) in [5, 5.41) is 42.3. The number of aromatic amines is 1. The molecule has 9 aromatic carbocycles. The van der Waals surface area contributed by atoms with Crippen molar-refractivity contribution in [2.24, 2.45) is 0 Å². The number of carbonyl (C=O) groups is 3. The van der Waals surface area contributed by atoms with Crippen LogP contribution in [-0.4, -0.2) is 185 Å². The molecule has 0 bridgehead atoms. The first-order valence-electron chi connectivity index (χ1n) is 43.7. The lowest BCUT2D eigenvalue weighted by Crippen LogP contribution is -2.46. The van der Waals surface area contributed by atoms with E-state index in [9.17, 15) is 14.4 Å². The number of nitrogens with zero attached hydrogens (tertiary/aromatic N) is 17. The molecule has 3 saturated heterocycles. The summed E-state index contributed by atoms with van der Waals surface area (Å²) in [4.78, 5) is 56.0. The molecule has 12 aromatic rings. The summed E-state index contributed by atoms with van der Waals surface area (Å²) in [6, 6.07) is 92.5. The van der Waals surface area contributed by atoms with E-state index in [1.807, 2.05) is 150 Å². The van der Waals surface area contributed by atoms with Crippen LogP contribution in [0.2, 0.25) is 0 Å². The third-order valence-corrected chi connectivity index (χ3v) is 24.8. The number of halogens is 2. The SMILES string of the molecule is C.C.CCOC(=O)CCBr.[2H][B]I.[C-]#[N+]C(CCN1CCC(c2ccccc2)(c2nn[nH]n2)CC1)(c1ccccc1)c1ccccc1.[C-]#[N+]C(CCN1CCC(c2ccccc2)(c2nnn(CCC(=O)OCC)n2)CC1)(c1ccccc1)c1ccccc1.[C-]#[N+]C(CCN1CCC(c2ccccc2)(c2nnnn2CCC(=O)OCC)CC1)(c1ccccc1)c1ccccc1. The first-order chi connectivity index (χ1) is 62.2. The van der Waals surface area contributed by atoms with E-state index in [1.165, 1.54) is 27.2 Å². The predicted molar refractivity (Wildman–Crippen MR) is 515 cm³/mol. The van der Waals surface area contributed by atoms with Gasteiger partial charge in [0.2, 0.25) is 0 Å². The van der Waals surface area contributed by atoms with Crippen LogP contribution in [0, 0.1) is 19.7 Å². The number of rotatable bonds is 32. The summed E-state index contributed by atoms with van der Waals surface area (Å²) in [7, 11) is 0. The number of alkyl halides is 1. The molecule has 1 N–H and O–H groups in total. The second kappa shape index (κ2) is 50.7. The van der Waals surface area contributed by atoms with Crippen molar-refractivity contribution in [3.8, 4) is 0 Å². The molecule has 15 rings (SSSR count). The number of piperidine rings is 3. The van der Waals surface area contributed by atoms with Crippen molar-refractivity contribution in [3.63, 3.8) is 0 Å². The Morgan fingerprint density at radius 1 is 0.430 bits per heavy atom. The van der Waals surface area contributed by atoms with Gasteiger partial charge in [-0.25, -0.2) is 24.4 Å². The normalized spacial score (nSPS) is 14.7. The van der Waals surface area contributed by atoms with Crippen LogP contribution in [0.4, 0.5) is 0 Å². The fourth-order valence-corrected chi connectivity index (χ4v) is 17.9. The number of esters is 3. The minimum Gasteiger partial charge on any atom is -0.466 e. The van der Waals surface area contributed by atoms with Crippen molar-refractivity contribution < 1.29 is 28.6 Å². The van der Waals surface area contributed by atoms with Gasteiger partial charge in [0.05, 0.1) is 68.4 Å². The van der Waals surface area contributed by atoms with Gasteiger partial charge in [0.15, 0.2) is 23.1 Å². The molecule has 128 heavy (non-hydrogen) atoms. The lowest BCUT2D eigenvalue weighted by Gasteiger charge is -2.41. The fourth-order valence-electron chi connectivity index (χ4n) is 17.6. The molecule has 3 aromatic heterocycles. The molecule has 24 nitrogen and oxygen atoms in total. The first kappa shape index (κ1) is 98.4. The van der Waals surface area contributed by atoms with Crippen LogP contribution >= 0.6 is 38.3 Å². The number of carbonyl (C=O) groups excluding carboxylic acids is 3. The van der Waals surface area contributed by atoms with Crippen molar-refractivity contribution in [2.45, 2.75) is 159 Å². The number of aromatic nitrogens is 12. The monoisotopic (exact) mass is 1900 g/mol. The van der Waals surface area contributed by atoms with Crippen LogP contribution < -0.4 is 0 Å². The highest BCUT2D eigenvalue weighted by molar-refractivity contribution is 14.1. The summed E-state index contributed by atoms with van der Waals surface area (Å²) >= 11 is 4.95. The average molecular weight is 1900 g/mol. The number of H-pyrrole nitrogens is 1. The molecule has 0 aliphatic carbocycles. The molecule has 0 spiro atoms. The quantitative estimate of drug-likeness (QED) is 0.0103. The van der Waals surface area contributed by atoms with Gasteiger partial charge in [0.1, 0.15) is 0 Å². The lowest BCUT2D eigenvalue weighted by atomic mass is 9.71. The Balaban J connectivity index is 0.000000205. The average Bonchev–Trinajstić information content (AvgIpc) is 1.73. The number of hydrogen-bond donors (Lipinski definition) is 1. The molecule has 3 aliphatic heterocycles. The van der Waals surface area contributed by atoms with Gasteiger partial charge in [-0.15, -0.1) is 25.5 Å². The van der Waals surface area contributed by atoms with Crippen LogP contribution in [0.3, 0.4) is 0 Å². The molecule has 1 radical (unpaired) electrons. The number of hydrogen-bond acceptors (Lipinski definition) is 18. The van der Waals surface area contributed by atoms with Gasteiger partial charge >= 0.3 is 17.9 Å². The van der Waals surface area contributed by atoms with Gasteiger partial charge < -0.3 is 28.9 Å². The van der Waals surface area contributed by atoms with Crippen molar-refractivity contribution >= 4 is 61.9 Å². The van der Waals surface area contributed by atoms with Crippen LogP contribution in [0.1, 0.15) is 180 Å². The topological polar surface area (TPSA) is 243 Å². The van der Waals surface area contributed by atoms with E-state index in [2.05, 4.69) is 242 Å². The largest absolute Gasteiger partial charge is 0.466 e. The Kier molecular flexibility index (Phi) is 39.0. The molecule has 3 fully saturated rings.